The predicted molar refractivity (Wildman–Crippen MR) is 106 cm³/mol. The summed E-state index contributed by atoms with van der Waals surface area (Å²) in [6, 6.07) is 12.1. The third-order valence-corrected chi connectivity index (χ3v) is 4.35. The number of aryl methyl sites for hydroxylation is 1. The number of carbonyl (C=O) groups excluding carboxylic acids is 1. The van der Waals surface area contributed by atoms with Gasteiger partial charge in [-0.2, -0.15) is 0 Å². The van der Waals surface area contributed by atoms with Gasteiger partial charge in [-0.3, -0.25) is 14.9 Å². The van der Waals surface area contributed by atoms with E-state index in [9.17, 15) is 14.9 Å². The molecule has 6 nitrogen and oxygen atoms in total. The fourth-order valence-corrected chi connectivity index (χ4v) is 2.59. The van der Waals surface area contributed by atoms with Gasteiger partial charge in [0.15, 0.2) is 6.10 Å². The van der Waals surface area contributed by atoms with Gasteiger partial charge in [-0.1, -0.05) is 45.9 Å². The van der Waals surface area contributed by atoms with E-state index in [1.807, 2.05) is 31.2 Å². The normalized spacial score (nSPS) is 12.3. The van der Waals surface area contributed by atoms with Gasteiger partial charge in [0.25, 0.3) is 11.6 Å². The second kappa shape index (κ2) is 8.20. The number of nitrogens with one attached hydrogen (secondary N) is 1. The minimum atomic E-state index is -0.691. The summed E-state index contributed by atoms with van der Waals surface area (Å²) in [7, 11) is 0. The SMILES string of the molecule is CC[C@H](Oc1ccc(C(C)(C)C)cc1)C(=O)Nc1cc([N+](=O)[O-])ccc1C. The van der Waals surface area contributed by atoms with Crippen molar-refractivity contribution in [2.24, 2.45) is 0 Å². The third kappa shape index (κ3) is 5.29. The van der Waals surface area contributed by atoms with Crippen molar-refractivity contribution in [1.29, 1.82) is 0 Å². The van der Waals surface area contributed by atoms with Crippen molar-refractivity contribution in [2.45, 2.75) is 52.6 Å². The number of non-ortho nitro benzene ring substituents is 1. The lowest BCUT2D eigenvalue weighted by Gasteiger charge is -2.21. The molecule has 0 heterocycles. The molecule has 1 N–H and O–H groups in total. The number of carbonyl (C=O) groups is 1. The fraction of sp³-hybridized carbons (Fsp3) is 0.381. The van der Waals surface area contributed by atoms with Crippen LogP contribution in [0.3, 0.4) is 0 Å². The van der Waals surface area contributed by atoms with Crippen LogP contribution in [0.5, 0.6) is 5.75 Å². The Morgan fingerprint density at radius 3 is 2.33 bits per heavy atom. The monoisotopic (exact) mass is 370 g/mol. The van der Waals surface area contributed by atoms with E-state index in [4.69, 9.17) is 4.74 Å². The number of anilines is 1. The van der Waals surface area contributed by atoms with Crippen molar-refractivity contribution >= 4 is 17.3 Å². The first-order chi connectivity index (χ1) is 12.6. The van der Waals surface area contributed by atoms with Crippen LogP contribution in [-0.4, -0.2) is 16.9 Å². The smallest absolute Gasteiger partial charge is 0.271 e. The molecule has 0 aliphatic heterocycles. The summed E-state index contributed by atoms with van der Waals surface area (Å²) in [5.41, 5.74) is 2.32. The van der Waals surface area contributed by atoms with Gasteiger partial charge in [-0.25, -0.2) is 0 Å². The van der Waals surface area contributed by atoms with Gasteiger partial charge < -0.3 is 10.1 Å². The van der Waals surface area contributed by atoms with Crippen molar-refractivity contribution in [1.82, 2.24) is 0 Å². The molecule has 0 aromatic heterocycles. The molecular weight excluding hydrogens is 344 g/mol. The Labute approximate surface area is 159 Å². The molecule has 0 radical (unpaired) electrons. The van der Waals surface area contributed by atoms with Gasteiger partial charge in [0, 0.05) is 12.1 Å². The van der Waals surface area contributed by atoms with Crippen molar-refractivity contribution in [2.75, 3.05) is 5.32 Å². The van der Waals surface area contributed by atoms with E-state index in [-0.39, 0.29) is 17.0 Å². The number of ether oxygens (including phenoxy) is 1. The van der Waals surface area contributed by atoms with Crippen molar-refractivity contribution in [3.63, 3.8) is 0 Å². The topological polar surface area (TPSA) is 81.5 Å². The van der Waals surface area contributed by atoms with E-state index in [0.717, 1.165) is 5.56 Å². The lowest BCUT2D eigenvalue weighted by atomic mass is 9.87. The second-order valence-corrected chi connectivity index (χ2v) is 7.53. The zero-order valence-electron chi connectivity index (χ0n) is 16.4. The lowest BCUT2D eigenvalue weighted by molar-refractivity contribution is -0.384. The molecule has 0 saturated heterocycles. The first kappa shape index (κ1) is 20.4. The average Bonchev–Trinajstić information content (AvgIpc) is 2.60. The van der Waals surface area contributed by atoms with Crippen LogP contribution in [0.1, 0.15) is 45.2 Å². The molecule has 2 aromatic carbocycles. The van der Waals surface area contributed by atoms with E-state index in [1.165, 1.54) is 17.7 Å². The van der Waals surface area contributed by atoms with Crippen molar-refractivity contribution in [3.8, 4) is 5.75 Å². The minimum Gasteiger partial charge on any atom is -0.481 e. The summed E-state index contributed by atoms with van der Waals surface area (Å²) in [4.78, 5) is 23.1. The maximum Gasteiger partial charge on any atom is 0.271 e. The molecule has 1 amide bonds. The molecule has 2 aromatic rings. The summed E-state index contributed by atoms with van der Waals surface area (Å²) >= 11 is 0. The first-order valence-electron chi connectivity index (χ1n) is 8.95. The summed E-state index contributed by atoms with van der Waals surface area (Å²) in [5.74, 6) is 0.279. The number of rotatable bonds is 6. The van der Waals surface area contributed by atoms with Gasteiger partial charge >= 0.3 is 0 Å². The highest BCUT2D eigenvalue weighted by Crippen LogP contribution is 2.26. The zero-order chi connectivity index (χ0) is 20.2. The van der Waals surface area contributed by atoms with Crippen molar-refractivity contribution < 1.29 is 14.5 Å². The molecule has 0 saturated carbocycles. The molecule has 0 aliphatic carbocycles. The van der Waals surface area contributed by atoms with Gasteiger partial charge in [0.2, 0.25) is 0 Å². The van der Waals surface area contributed by atoms with Gasteiger partial charge in [0.05, 0.1) is 10.6 Å². The highest BCUT2D eigenvalue weighted by atomic mass is 16.6. The summed E-state index contributed by atoms with van der Waals surface area (Å²) in [5, 5.41) is 13.7. The number of amides is 1. The van der Waals surface area contributed by atoms with Gasteiger partial charge in [0.1, 0.15) is 5.75 Å². The van der Waals surface area contributed by atoms with Crippen LogP contribution in [0.15, 0.2) is 42.5 Å². The van der Waals surface area contributed by atoms with Crippen LogP contribution in [0.25, 0.3) is 0 Å². The average molecular weight is 370 g/mol. The third-order valence-electron chi connectivity index (χ3n) is 4.35. The highest BCUT2D eigenvalue weighted by molar-refractivity contribution is 5.95. The molecule has 144 valence electrons. The Bertz CT molecular complexity index is 823. The Morgan fingerprint density at radius 2 is 1.81 bits per heavy atom. The van der Waals surface area contributed by atoms with Gasteiger partial charge in [-0.15, -0.1) is 0 Å². The van der Waals surface area contributed by atoms with Crippen LogP contribution >= 0.6 is 0 Å². The van der Waals surface area contributed by atoms with E-state index in [2.05, 4.69) is 26.1 Å². The number of hydrogen-bond donors (Lipinski definition) is 1. The van der Waals surface area contributed by atoms with Crippen molar-refractivity contribution in [3.05, 3.63) is 63.7 Å². The van der Waals surface area contributed by atoms with E-state index in [0.29, 0.717) is 17.9 Å². The molecule has 0 unspecified atom stereocenters. The van der Waals surface area contributed by atoms with E-state index in [1.54, 1.807) is 13.0 Å². The number of nitro groups is 1. The lowest BCUT2D eigenvalue weighted by Crippen LogP contribution is -2.32. The molecule has 6 heteroatoms. The van der Waals surface area contributed by atoms with Crippen LogP contribution in [0.2, 0.25) is 0 Å². The van der Waals surface area contributed by atoms with Gasteiger partial charge in [-0.05, 0) is 42.0 Å². The standard InChI is InChI=1S/C21H26N2O4/c1-6-19(27-17-11-8-15(9-12-17)21(3,4)5)20(24)22-18-13-16(23(25)26)10-7-14(18)2/h7-13,19H,6H2,1-5H3,(H,22,24)/t19-/m0/s1. The predicted octanol–water partition coefficient (Wildman–Crippen LogP) is 5.00. The Hall–Kier alpha value is -2.89. The molecular formula is C21H26N2O4. The maximum absolute atomic E-state index is 12.6. The van der Waals surface area contributed by atoms with Crippen LogP contribution in [-0.2, 0) is 10.2 Å². The Kier molecular flexibility index (Phi) is 6.20. The first-order valence-corrected chi connectivity index (χ1v) is 8.95. The molecule has 0 spiro atoms. The minimum absolute atomic E-state index is 0.0413. The highest BCUT2D eigenvalue weighted by Gasteiger charge is 2.21. The molecule has 1 atom stereocenters. The quantitative estimate of drug-likeness (QED) is 0.573. The van der Waals surface area contributed by atoms with Crippen LogP contribution in [0.4, 0.5) is 11.4 Å². The Morgan fingerprint density at radius 1 is 1.19 bits per heavy atom. The molecule has 0 aliphatic rings. The summed E-state index contributed by atoms with van der Waals surface area (Å²) in [6.45, 7) is 10.0. The number of benzene rings is 2. The number of nitro benzene ring substituents is 1. The molecule has 27 heavy (non-hydrogen) atoms. The number of nitrogens with zero attached hydrogens (tertiary/aromatic N) is 1. The molecule has 2 rings (SSSR count). The second-order valence-electron chi connectivity index (χ2n) is 7.53. The van der Waals surface area contributed by atoms with E-state index < -0.39 is 11.0 Å². The Balaban J connectivity index is 2.12. The fourth-order valence-electron chi connectivity index (χ4n) is 2.59. The summed E-state index contributed by atoms with van der Waals surface area (Å²) in [6.07, 6.45) is -0.218. The molecule has 0 bridgehead atoms. The maximum atomic E-state index is 12.6. The number of hydrogen-bond acceptors (Lipinski definition) is 4. The largest absolute Gasteiger partial charge is 0.481 e. The van der Waals surface area contributed by atoms with Crippen LogP contribution < -0.4 is 10.1 Å². The van der Waals surface area contributed by atoms with Crippen LogP contribution in [0, 0.1) is 17.0 Å². The van der Waals surface area contributed by atoms with E-state index >= 15 is 0 Å². The zero-order valence-corrected chi connectivity index (χ0v) is 16.4. The molecule has 0 fully saturated rings. The summed E-state index contributed by atoms with van der Waals surface area (Å²) < 4.78 is 5.84.